The quantitative estimate of drug-likeness (QED) is 0.774. The predicted octanol–water partition coefficient (Wildman–Crippen LogP) is 0.352. The van der Waals surface area contributed by atoms with E-state index in [1.165, 1.54) is 19.2 Å². The zero-order valence-corrected chi connectivity index (χ0v) is 9.91. The van der Waals surface area contributed by atoms with E-state index >= 15 is 0 Å². The van der Waals surface area contributed by atoms with E-state index in [2.05, 4.69) is 15.2 Å². The molecule has 0 saturated heterocycles. The Hall–Kier alpha value is -2.90. The Balaban J connectivity index is 2.57. The number of ether oxygens (including phenoxy) is 1. The molecule has 0 atom stereocenters. The number of methoxy groups -OCH3 is 1. The van der Waals surface area contributed by atoms with Crippen LogP contribution in [0.3, 0.4) is 0 Å². The number of rotatable bonds is 3. The minimum Gasteiger partial charge on any atom is -0.453 e. The van der Waals surface area contributed by atoms with Crippen molar-refractivity contribution in [2.75, 3.05) is 12.4 Å². The van der Waals surface area contributed by atoms with Gasteiger partial charge in [-0.15, -0.1) is 0 Å². The van der Waals surface area contributed by atoms with E-state index in [4.69, 9.17) is 5.73 Å². The Kier molecular flexibility index (Phi) is 3.15. The number of amides is 2. The fraction of sp³-hybridized carbons (Fsp3) is 0.0909. The van der Waals surface area contributed by atoms with Crippen molar-refractivity contribution in [3.05, 3.63) is 23.9 Å². The lowest BCUT2D eigenvalue weighted by Crippen LogP contribution is -2.13. The molecule has 8 heteroatoms. The Morgan fingerprint density at radius 2 is 2.21 bits per heavy atom. The van der Waals surface area contributed by atoms with Gasteiger partial charge in [0.1, 0.15) is 0 Å². The molecular weight excluding hydrogens is 252 g/mol. The first-order valence-corrected chi connectivity index (χ1v) is 5.19. The molecule has 1 heterocycles. The molecule has 19 heavy (non-hydrogen) atoms. The first-order valence-electron chi connectivity index (χ1n) is 5.19. The molecule has 1 aromatic carbocycles. The number of fused-ring (bicyclic) bond motifs is 1. The van der Waals surface area contributed by atoms with Crippen LogP contribution in [0, 0.1) is 0 Å². The first kappa shape index (κ1) is 12.6. The predicted molar refractivity (Wildman–Crippen MR) is 66.4 cm³/mol. The lowest BCUT2D eigenvalue weighted by atomic mass is 10.2. The van der Waals surface area contributed by atoms with Crippen molar-refractivity contribution < 1.29 is 19.1 Å². The van der Waals surface area contributed by atoms with Crippen molar-refractivity contribution in [3.63, 3.8) is 0 Å². The van der Waals surface area contributed by atoms with E-state index in [0.29, 0.717) is 23.0 Å². The minimum atomic E-state index is -0.763. The number of nitrogens with two attached hydrogens (primary N) is 1. The number of carbonyl (C=O) groups excluding carboxylic acids is 3. The van der Waals surface area contributed by atoms with Crippen LogP contribution in [0.25, 0.3) is 10.9 Å². The van der Waals surface area contributed by atoms with Crippen LogP contribution in [-0.2, 0) is 9.53 Å². The van der Waals surface area contributed by atoms with Gasteiger partial charge in [0.25, 0.3) is 5.91 Å². The smallest absolute Gasteiger partial charge is 0.411 e. The molecule has 0 radical (unpaired) electrons. The lowest BCUT2D eigenvalue weighted by molar-refractivity contribution is 0.0996. The number of anilines is 1. The third kappa shape index (κ3) is 2.23. The second-order valence-corrected chi connectivity index (χ2v) is 3.61. The maximum atomic E-state index is 11.3. The zero-order chi connectivity index (χ0) is 14.0. The number of benzene rings is 1. The van der Waals surface area contributed by atoms with Gasteiger partial charge in [0.15, 0.2) is 5.69 Å². The van der Waals surface area contributed by atoms with Crippen LogP contribution in [0.1, 0.15) is 10.5 Å². The highest BCUT2D eigenvalue weighted by atomic mass is 16.5. The Bertz CT molecular complexity index is 677. The van der Waals surface area contributed by atoms with Gasteiger partial charge in [0.2, 0.25) is 6.41 Å². The van der Waals surface area contributed by atoms with Crippen LogP contribution in [-0.4, -0.2) is 35.3 Å². The average molecular weight is 262 g/mol. The molecule has 2 amide bonds. The molecule has 98 valence electrons. The Morgan fingerprint density at radius 1 is 1.47 bits per heavy atom. The topological polar surface area (TPSA) is 116 Å². The fourth-order valence-electron chi connectivity index (χ4n) is 1.65. The number of nitrogens with zero attached hydrogens (tertiary/aromatic N) is 2. The molecule has 0 bridgehead atoms. The molecule has 0 unspecified atom stereocenters. The van der Waals surface area contributed by atoms with Crippen LogP contribution in [0.15, 0.2) is 18.2 Å². The van der Waals surface area contributed by atoms with E-state index in [1.54, 1.807) is 6.07 Å². The van der Waals surface area contributed by atoms with Gasteiger partial charge in [-0.3, -0.25) is 14.9 Å². The highest BCUT2D eigenvalue weighted by molar-refractivity contribution is 6.06. The lowest BCUT2D eigenvalue weighted by Gasteiger charge is -2.03. The number of nitrogens with one attached hydrogen (secondary N) is 1. The number of carbonyl (C=O) groups is 3. The van der Waals surface area contributed by atoms with Gasteiger partial charge < -0.3 is 10.5 Å². The molecule has 8 nitrogen and oxygen atoms in total. The van der Waals surface area contributed by atoms with Gasteiger partial charge >= 0.3 is 6.09 Å². The van der Waals surface area contributed by atoms with Gasteiger partial charge in [-0.2, -0.15) is 5.10 Å². The highest BCUT2D eigenvalue weighted by Crippen LogP contribution is 2.22. The summed E-state index contributed by atoms with van der Waals surface area (Å²) in [7, 11) is 1.23. The van der Waals surface area contributed by atoms with Crippen LogP contribution in [0.4, 0.5) is 10.5 Å². The van der Waals surface area contributed by atoms with Crippen molar-refractivity contribution in [2.45, 2.75) is 0 Å². The van der Waals surface area contributed by atoms with E-state index in [0.717, 1.165) is 4.68 Å². The van der Waals surface area contributed by atoms with E-state index in [-0.39, 0.29) is 5.69 Å². The first-order chi connectivity index (χ1) is 9.06. The summed E-state index contributed by atoms with van der Waals surface area (Å²) in [6.07, 6.45) is -0.190. The Labute approximate surface area is 107 Å². The third-order valence-electron chi connectivity index (χ3n) is 2.47. The summed E-state index contributed by atoms with van der Waals surface area (Å²) in [4.78, 5) is 33.2. The zero-order valence-electron chi connectivity index (χ0n) is 9.91. The monoisotopic (exact) mass is 262 g/mol. The summed E-state index contributed by atoms with van der Waals surface area (Å²) < 4.78 is 5.45. The molecule has 0 fully saturated rings. The summed E-state index contributed by atoms with van der Waals surface area (Å²) in [5, 5.41) is 6.59. The normalized spacial score (nSPS) is 10.2. The summed E-state index contributed by atoms with van der Waals surface area (Å²) in [6.45, 7) is 0. The third-order valence-corrected chi connectivity index (χ3v) is 2.47. The SMILES string of the molecule is COC(=O)Nc1ccc2c(c1)c(C(N)=O)nn2C=O. The standard InChI is InChI=1S/C11H10N4O4/c1-19-11(18)13-6-2-3-8-7(4-6)9(10(12)17)14-15(8)5-16/h2-5H,1H3,(H2,12,17)(H,13,18). The second-order valence-electron chi connectivity index (χ2n) is 3.61. The average Bonchev–Trinajstić information content (AvgIpc) is 2.76. The molecule has 0 aliphatic carbocycles. The van der Waals surface area contributed by atoms with Gasteiger partial charge in [0.05, 0.1) is 12.6 Å². The number of hydrogen-bond acceptors (Lipinski definition) is 5. The van der Waals surface area contributed by atoms with Crippen LogP contribution in [0.2, 0.25) is 0 Å². The summed E-state index contributed by atoms with van der Waals surface area (Å²) in [5.41, 5.74) is 5.95. The molecule has 1 aromatic heterocycles. The van der Waals surface area contributed by atoms with Crippen molar-refractivity contribution in [1.82, 2.24) is 9.78 Å². The van der Waals surface area contributed by atoms with Gasteiger partial charge in [0, 0.05) is 11.1 Å². The summed E-state index contributed by atoms with van der Waals surface area (Å²) >= 11 is 0. The van der Waals surface area contributed by atoms with Crippen LogP contribution >= 0.6 is 0 Å². The maximum Gasteiger partial charge on any atom is 0.411 e. The summed E-state index contributed by atoms with van der Waals surface area (Å²) in [5.74, 6) is -0.763. The van der Waals surface area contributed by atoms with Crippen molar-refractivity contribution in [3.8, 4) is 0 Å². The van der Waals surface area contributed by atoms with E-state index in [9.17, 15) is 14.4 Å². The van der Waals surface area contributed by atoms with Crippen molar-refractivity contribution in [1.29, 1.82) is 0 Å². The van der Waals surface area contributed by atoms with Gasteiger partial charge in [-0.05, 0) is 18.2 Å². The minimum absolute atomic E-state index is 0.0457. The highest BCUT2D eigenvalue weighted by Gasteiger charge is 2.15. The van der Waals surface area contributed by atoms with Crippen LogP contribution in [0.5, 0.6) is 0 Å². The molecule has 3 N–H and O–H groups in total. The fourth-order valence-corrected chi connectivity index (χ4v) is 1.65. The van der Waals surface area contributed by atoms with Crippen molar-refractivity contribution >= 4 is 35.0 Å². The van der Waals surface area contributed by atoms with Gasteiger partial charge in [-0.1, -0.05) is 0 Å². The van der Waals surface area contributed by atoms with Crippen molar-refractivity contribution in [2.24, 2.45) is 5.73 Å². The maximum absolute atomic E-state index is 11.3. The number of hydrogen-bond donors (Lipinski definition) is 2. The van der Waals surface area contributed by atoms with Crippen LogP contribution < -0.4 is 11.1 Å². The number of aromatic nitrogens is 2. The Morgan fingerprint density at radius 3 is 2.79 bits per heavy atom. The molecule has 0 saturated carbocycles. The van der Waals surface area contributed by atoms with E-state index < -0.39 is 12.0 Å². The van der Waals surface area contributed by atoms with E-state index in [1.807, 2.05) is 0 Å². The largest absolute Gasteiger partial charge is 0.453 e. The number of primary amides is 1. The molecule has 2 rings (SSSR count). The molecule has 2 aromatic rings. The second kappa shape index (κ2) is 4.77. The molecule has 0 aliphatic rings. The molecule has 0 spiro atoms. The summed E-state index contributed by atoms with van der Waals surface area (Å²) in [6, 6.07) is 4.57. The molecular formula is C11H10N4O4. The molecule has 0 aliphatic heterocycles. The van der Waals surface area contributed by atoms with Gasteiger partial charge in [-0.25, -0.2) is 9.48 Å².